The molecule has 24 heteroatoms. The number of aromatic nitrogens is 2. The summed E-state index contributed by atoms with van der Waals surface area (Å²) in [4.78, 5) is 107. The molecule has 1 fully saturated rings. The predicted molar refractivity (Wildman–Crippen MR) is 316 cm³/mol. The van der Waals surface area contributed by atoms with Gasteiger partial charge in [0, 0.05) is 83.4 Å². The molecule has 21 nitrogen and oxygen atoms in total. The van der Waals surface area contributed by atoms with Crippen LogP contribution < -0.4 is 32.3 Å². The van der Waals surface area contributed by atoms with E-state index in [-0.39, 0.29) is 102 Å². The van der Waals surface area contributed by atoms with Gasteiger partial charge >= 0.3 is 0 Å². The van der Waals surface area contributed by atoms with Crippen LogP contribution in [0.1, 0.15) is 108 Å². The molecule has 80 heavy (non-hydrogen) atoms. The minimum Gasteiger partial charge on any atom is -0.637 e. The summed E-state index contributed by atoms with van der Waals surface area (Å²) in [6, 6.07) is 10.4. The summed E-state index contributed by atoms with van der Waals surface area (Å²) in [5.41, 5.74) is 10.6. The topological polar surface area (TPSA) is 274 Å². The van der Waals surface area contributed by atoms with Gasteiger partial charge in [-0.2, -0.15) is 0 Å². The molecule has 3 aromatic rings. The van der Waals surface area contributed by atoms with E-state index in [1.807, 2.05) is 58.8 Å². The van der Waals surface area contributed by atoms with Crippen LogP contribution in [-0.4, -0.2) is 177 Å². The number of alkyl halides is 2. The number of nitrogens with one attached hydrogen (secondary N) is 5. The molecule has 0 bridgehead atoms. The first-order valence-electron chi connectivity index (χ1n) is 27.2. The number of methoxy groups -OCH3 is 2. The van der Waals surface area contributed by atoms with E-state index < -0.39 is 54.0 Å². The molecule has 1 aliphatic heterocycles. The quantitative estimate of drug-likeness (QED) is 0.0368. The van der Waals surface area contributed by atoms with Crippen molar-refractivity contribution in [2.24, 2.45) is 23.5 Å². The minimum atomic E-state index is -0.652. The van der Waals surface area contributed by atoms with Gasteiger partial charge in [0.05, 0.1) is 78.2 Å². The van der Waals surface area contributed by atoms with Crippen LogP contribution in [0.15, 0.2) is 42.5 Å². The number of carbonyl (C=O) groups is 7. The molecule has 0 saturated carbocycles. The largest absolute Gasteiger partial charge is 0.637 e. The van der Waals surface area contributed by atoms with Crippen LogP contribution in [0.4, 0.5) is 5.69 Å². The van der Waals surface area contributed by atoms with Crippen molar-refractivity contribution in [3.05, 3.63) is 70.3 Å². The number of likely N-dealkylation sites (N-methyl/N-ethyl adjacent to an activating group) is 2. The maximum Gasteiger partial charge on any atom is 0.251 e. The Morgan fingerprint density at radius 3 is 2.04 bits per heavy atom. The number of carbonyl (C=O) groups excluding carboxylic acids is 7. The number of fused-ring (bicyclic) bond motifs is 1. The van der Waals surface area contributed by atoms with Crippen LogP contribution in [-0.2, 0) is 76.4 Å². The fourth-order valence-electron chi connectivity index (χ4n) is 9.70. The maximum absolute atomic E-state index is 14.2. The third kappa shape index (κ3) is 21.7. The fourth-order valence-corrected chi connectivity index (χ4v) is 10.6. The molecular formula is C56H87Br2N12O9W-. The number of nitrogens with two attached hydrogens (primary N) is 1. The van der Waals surface area contributed by atoms with Gasteiger partial charge in [0.15, 0.2) is 0 Å². The molecular weight excluding hydrogens is 1330 g/mol. The molecule has 446 valence electrons. The number of hydrogen-bond donors (Lipinski definition) is 6. The average molecular weight is 1420 g/mol. The summed E-state index contributed by atoms with van der Waals surface area (Å²) in [6.07, 6.45) is 2.46. The molecule has 8 unspecified atom stereocenters. The van der Waals surface area contributed by atoms with Crippen LogP contribution >= 0.6 is 31.9 Å². The van der Waals surface area contributed by atoms with Gasteiger partial charge in [0.1, 0.15) is 0 Å². The number of likely N-dealkylation sites (tertiary alicyclic amines) is 1. The van der Waals surface area contributed by atoms with Crippen molar-refractivity contribution in [1.82, 2.24) is 45.9 Å². The Kier molecular flexibility index (Phi) is 33.0. The Labute approximate surface area is 504 Å². The van der Waals surface area contributed by atoms with Gasteiger partial charge in [-0.1, -0.05) is 119 Å². The van der Waals surface area contributed by atoms with E-state index in [4.69, 9.17) is 15.2 Å². The minimum absolute atomic E-state index is 0. The van der Waals surface area contributed by atoms with Gasteiger partial charge in [0.2, 0.25) is 35.4 Å². The molecule has 0 radical (unpaired) electrons. The van der Waals surface area contributed by atoms with Gasteiger partial charge < -0.3 is 56.9 Å². The SMILES string of the molecule is CCC.CCC(C)C(C(CC(=O)N1CCCC1C(OC)C(C)C(=O)NC(CN)Cc1ccc(NC(=O)C[N-]CNC(=O)CNC(=O)c2ccc3nc(CBr)c(CBr)nc3c2)cc1)OC)N(C)C(=O)CNC(=O)C(C(C)C)N(C)C.[W]. The third-order valence-electron chi connectivity index (χ3n) is 13.9. The van der Waals surface area contributed by atoms with Crippen molar-refractivity contribution in [2.75, 3.05) is 80.1 Å². The Morgan fingerprint density at radius 1 is 0.838 bits per heavy atom. The Hall–Kier alpha value is -4.48. The summed E-state index contributed by atoms with van der Waals surface area (Å²) in [5, 5.41) is 18.9. The van der Waals surface area contributed by atoms with Crippen LogP contribution in [0, 0.1) is 17.8 Å². The smallest absolute Gasteiger partial charge is 0.251 e. The van der Waals surface area contributed by atoms with E-state index in [0.29, 0.717) is 52.3 Å². The predicted octanol–water partition coefficient (Wildman–Crippen LogP) is 5.26. The van der Waals surface area contributed by atoms with Gasteiger partial charge in [-0.05, 0) is 81.1 Å². The van der Waals surface area contributed by atoms with Crippen molar-refractivity contribution in [3.8, 4) is 0 Å². The van der Waals surface area contributed by atoms with Gasteiger partial charge in [-0.3, -0.25) is 38.5 Å². The second-order valence-corrected chi connectivity index (χ2v) is 21.6. The molecule has 7 N–H and O–H groups in total. The van der Waals surface area contributed by atoms with E-state index in [2.05, 4.69) is 87.6 Å². The van der Waals surface area contributed by atoms with Crippen LogP contribution in [0.25, 0.3) is 16.4 Å². The number of rotatable bonds is 30. The zero-order valence-corrected chi connectivity index (χ0v) is 54.8. The van der Waals surface area contributed by atoms with Crippen LogP contribution in [0.2, 0.25) is 0 Å². The standard InChI is InChI=1S/C53H79Br2N12O9.C3H8.W/c1-11-32(4)49(66(8)47(71)29-59-53(74)48(31(2)3)65(6)7)43(75-9)23-46(70)67-20-12-13-42(67)50(76-10)33(5)51(72)62-37(26-56)21-34-14-17-36(18-15-34)61-45(69)27-57-30-60-44(68)28-58-52(73)35-16-19-38-39(22-35)64-41(25-55)40(24-54)63-38;1-3-2;/h14-19,22,31-33,37,42-43,48-50H,11-13,20-21,23-30,56H2,1-10H3,(H,58,73)(H,59,74)(H,60,68)(H,61,69)(H,62,72);3H2,1-2H3;/q-1;;. The van der Waals surface area contributed by atoms with Gasteiger partial charge in [-0.15, -0.1) is 0 Å². The third-order valence-corrected chi connectivity index (χ3v) is 15.0. The van der Waals surface area contributed by atoms with Crippen molar-refractivity contribution in [1.29, 1.82) is 0 Å². The number of nitrogens with zero attached hydrogens (tertiary/aromatic N) is 6. The molecule has 8 atom stereocenters. The zero-order valence-electron chi connectivity index (χ0n) is 48.7. The molecule has 4 rings (SSSR count). The molecule has 1 saturated heterocycles. The number of amides is 7. The summed E-state index contributed by atoms with van der Waals surface area (Å²) >= 11 is 6.83. The normalized spacial score (nSPS) is 15.7. The van der Waals surface area contributed by atoms with E-state index >= 15 is 0 Å². The van der Waals surface area contributed by atoms with Crippen molar-refractivity contribution in [3.63, 3.8) is 0 Å². The molecule has 7 amide bonds. The second kappa shape index (κ2) is 36.9. The summed E-state index contributed by atoms with van der Waals surface area (Å²) < 4.78 is 11.9. The molecule has 2 heterocycles. The molecule has 2 aromatic carbocycles. The van der Waals surface area contributed by atoms with Gasteiger partial charge in [-0.25, -0.2) is 9.97 Å². The number of benzene rings is 2. The average Bonchev–Trinajstić information content (AvgIpc) is 3.92. The zero-order chi connectivity index (χ0) is 58.9. The summed E-state index contributed by atoms with van der Waals surface area (Å²) in [7, 11) is 8.41. The Bertz CT molecular complexity index is 2450. The van der Waals surface area contributed by atoms with E-state index in [1.165, 1.54) is 20.6 Å². The number of halogens is 2. The van der Waals surface area contributed by atoms with Crippen molar-refractivity contribution in [2.45, 2.75) is 134 Å². The number of anilines is 1. The van der Waals surface area contributed by atoms with E-state index in [0.717, 1.165) is 29.8 Å². The Balaban J connectivity index is 0.00000534. The van der Waals surface area contributed by atoms with Crippen molar-refractivity contribution < 1.29 is 64.1 Å². The molecule has 0 aliphatic carbocycles. The summed E-state index contributed by atoms with van der Waals surface area (Å²) in [5.74, 6) is -2.95. The monoisotopic (exact) mass is 1410 g/mol. The van der Waals surface area contributed by atoms with E-state index in [1.54, 1.807) is 54.1 Å². The van der Waals surface area contributed by atoms with Crippen LogP contribution in [0.3, 0.4) is 0 Å². The molecule has 1 aliphatic rings. The fraction of sp³-hybridized carbons (Fsp3) is 0.625. The maximum atomic E-state index is 14.2. The first kappa shape index (κ1) is 71.6. The molecule has 1 aromatic heterocycles. The van der Waals surface area contributed by atoms with Gasteiger partial charge in [0.25, 0.3) is 5.91 Å². The summed E-state index contributed by atoms with van der Waals surface area (Å²) in [6.45, 7) is 13.8. The number of ether oxygens (including phenoxy) is 2. The first-order valence-corrected chi connectivity index (χ1v) is 29.4. The van der Waals surface area contributed by atoms with Crippen LogP contribution in [0.5, 0.6) is 0 Å². The van der Waals surface area contributed by atoms with Crippen molar-refractivity contribution >= 4 is 89.9 Å². The molecule has 0 spiro atoms. The number of hydrogen-bond acceptors (Lipinski definition) is 13. The first-order chi connectivity index (χ1) is 37.6. The Morgan fingerprint density at radius 2 is 1.48 bits per heavy atom. The second-order valence-electron chi connectivity index (χ2n) is 20.5. The van der Waals surface area contributed by atoms with E-state index in [9.17, 15) is 33.6 Å².